The topological polar surface area (TPSA) is 32.3 Å². The van der Waals surface area contributed by atoms with Crippen molar-refractivity contribution in [3.63, 3.8) is 0 Å². The van der Waals surface area contributed by atoms with E-state index in [4.69, 9.17) is 0 Å². The number of carbonyl (C=O) groups is 1. The van der Waals surface area contributed by atoms with E-state index in [2.05, 4.69) is 36.2 Å². The summed E-state index contributed by atoms with van der Waals surface area (Å²) in [5.74, 6) is 0.102. The number of anilines is 1. The molecular formula is C13H18N2O. The van der Waals surface area contributed by atoms with Crippen molar-refractivity contribution >= 4 is 11.6 Å². The molecule has 3 nitrogen and oxygen atoms in total. The molecule has 1 atom stereocenters. The number of hydrogen-bond acceptors (Lipinski definition) is 2. The molecule has 16 heavy (non-hydrogen) atoms. The van der Waals surface area contributed by atoms with Gasteiger partial charge in [0, 0.05) is 25.2 Å². The first-order chi connectivity index (χ1) is 7.65. The van der Waals surface area contributed by atoms with Crippen molar-refractivity contribution in [2.24, 2.45) is 0 Å². The van der Waals surface area contributed by atoms with Gasteiger partial charge in [0.1, 0.15) is 6.04 Å². The zero-order valence-electron chi connectivity index (χ0n) is 10.0. The van der Waals surface area contributed by atoms with Crippen LogP contribution in [-0.2, 0) is 11.2 Å². The maximum Gasteiger partial charge on any atom is 0.242 e. The number of rotatable bonds is 2. The minimum Gasteiger partial charge on any atom is -0.357 e. The van der Waals surface area contributed by atoms with Crippen molar-refractivity contribution in [2.75, 3.05) is 11.9 Å². The molecule has 1 aromatic rings. The molecule has 1 unspecified atom stereocenters. The number of carbonyl (C=O) groups excluding carboxylic acids is 1. The summed E-state index contributed by atoms with van der Waals surface area (Å²) in [6.07, 6.45) is 0.814. The largest absolute Gasteiger partial charge is 0.357 e. The first-order valence-electron chi connectivity index (χ1n) is 5.73. The van der Waals surface area contributed by atoms with E-state index in [0.717, 1.165) is 6.42 Å². The summed E-state index contributed by atoms with van der Waals surface area (Å²) in [5, 5.41) is 2.75. The number of benzene rings is 1. The predicted molar refractivity (Wildman–Crippen MR) is 65.6 cm³/mol. The zero-order chi connectivity index (χ0) is 11.7. The molecule has 2 rings (SSSR count). The molecule has 0 bridgehead atoms. The zero-order valence-corrected chi connectivity index (χ0v) is 10.0. The highest BCUT2D eigenvalue weighted by molar-refractivity contribution is 5.88. The minimum atomic E-state index is -0.0533. The second kappa shape index (κ2) is 4.16. The lowest BCUT2D eigenvalue weighted by Gasteiger charge is -2.30. The summed E-state index contributed by atoms with van der Waals surface area (Å²) in [7, 11) is 1.70. The highest BCUT2D eigenvalue weighted by atomic mass is 16.2. The van der Waals surface area contributed by atoms with Crippen LogP contribution in [0.5, 0.6) is 0 Å². The molecule has 1 heterocycles. The lowest BCUT2D eigenvalue weighted by molar-refractivity contribution is -0.121. The smallest absolute Gasteiger partial charge is 0.242 e. The molecule has 1 amide bonds. The number of likely N-dealkylation sites (N-methyl/N-ethyl adjacent to an activating group) is 1. The van der Waals surface area contributed by atoms with Gasteiger partial charge < -0.3 is 10.2 Å². The van der Waals surface area contributed by atoms with Gasteiger partial charge in [0.05, 0.1) is 0 Å². The van der Waals surface area contributed by atoms with Gasteiger partial charge in [-0.3, -0.25) is 4.79 Å². The van der Waals surface area contributed by atoms with E-state index >= 15 is 0 Å². The normalized spacial score (nSPS) is 18.8. The summed E-state index contributed by atoms with van der Waals surface area (Å²) >= 11 is 0. The highest BCUT2D eigenvalue weighted by Crippen LogP contribution is 2.33. The Morgan fingerprint density at radius 2 is 2.12 bits per heavy atom. The van der Waals surface area contributed by atoms with E-state index in [9.17, 15) is 4.79 Å². The Hall–Kier alpha value is -1.51. The molecule has 0 saturated carbocycles. The number of hydrogen-bond donors (Lipinski definition) is 1. The fraction of sp³-hybridized carbons (Fsp3) is 0.462. The molecule has 3 heteroatoms. The van der Waals surface area contributed by atoms with Crippen molar-refractivity contribution in [3.8, 4) is 0 Å². The molecule has 0 aliphatic carbocycles. The Kier molecular flexibility index (Phi) is 2.86. The Labute approximate surface area is 96.5 Å². The van der Waals surface area contributed by atoms with Crippen LogP contribution < -0.4 is 10.2 Å². The summed E-state index contributed by atoms with van der Waals surface area (Å²) in [5.41, 5.74) is 2.47. The average molecular weight is 218 g/mol. The van der Waals surface area contributed by atoms with E-state index in [1.807, 2.05) is 12.1 Å². The number of nitrogens with one attached hydrogen (secondary N) is 1. The van der Waals surface area contributed by atoms with E-state index < -0.39 is 0 Å². The third-order valence-electron chi connectivity index (χ3n) is 3.12. The van der Waals surface area contributed by atoms with Gasteiger partial charge in [-0.05, 0) is 25.5 Å². The van der Waals surface area contributed by atoms with Crippen molar-refractivity contribution in [1.29, 1.82) is 0 Å². The van der Waals surface area contributed by atoms with Crippen LogP contribution in [0.1, 0.15) is 19.4 Å². The van der Waals surface area contributed by atoms with Crippen molar-refractivity contribution in [3.05, 3.63) is 29.8 Å². The minimum absolute atomic E-state index is 0.0533. The van der Waals surface area contributed by atoms with Gasteiger partial charge in [-0.25, -0.2) is 0 Å². The SMILES string of the molecule is CNC(=O)C1Cc2ccccc2N1C(C)C. The second-order valence-corrected chi connectivity index (χ2v) is 4.46. The molecular weight excluding hydrogens is 200 g/mol. The predicted octanol–water partition coefficient (Wildman–Crippen LogP) is 1.57. The van der Waals surface area contributed by atoms with Gasteiger partial charge in [-0.15, -0.1) is 0 Å². The van der Waals surface area contributed by atoms with Crippen LogP contribution in [-0.4, -0.2) is 25.0 Å². The molecule has 0 spiro atoms. The van der Waals surface area contributed by atoms with Crippen LogP contribution in [0.15, 0.2) is 24.3 Å². The average Bonchev–Trinajstić information content (AvgIpc) is 2.67. The van der Waals surface area contributed by atoms with Gasteiger partial charge in [0.25, 0.3) is 0 Å². The molecule has 0 radical (unpaired) electrons. The van der Waals surface area contributed by atoms with Crippen molar-refractivity contribution in [2.45, 2.75) is 32.4 Å². The fourth-order valence-electron chi connectivity index (χ4n) is 2.43. The molecule has 1 N–H and O–H groups in total. The molecule has 86 valence electrons. The molecule has 0 aromatic heterocycles. The van der Waals surface area contributed by atoms with Crippen LogP contribution >= 0.6 is 0 Å². The molecule has 1 aliphatic rings. The molecule has 1 aromatic carbocycles. The van der Waals surface area contributed by atoms with Crippen LogP contribution in [0, 0.1) is 0 Å². The standard InChI is InChI=1S/C13H18N2O/c1-9(2)15-11-7-5-4-6-10(11)8-12(15)13(16)14-3/h4-7,9,12H,8H2,1-3H3,(H,14,16). The lowest BCUT2D eigenvalue weighted by Crippen LogP contribution is -2.47. The summed E-state index contributed by atoms with van der Waals surface area (Å²) in [6.45, 7) is 4.25. The Morgan fingerprint density at radius 1 is 1.44 bits per heavy atom. The Morgan fingerprint density at radius 3 is 2.75 bits per heavy atom. The highest BCUT2D eigenvalue weighted by Gasteiger charge is 2.34. The van der Waals surface area contributed by atoms with Crippen molar-refractivity contribution in [1.82, 2.24) is 5.32 Å². The fourth-order valence-corrected chi connectivity index (χ4v) is 2.43. The maximum atomic E-state index is 11.8. The van der Waals surface area contributed by atoms with Gasteiger partial charge in [-0.1, -0.05) is 18.2 Å². The van der Waals surface area contributed by atoms with E-state index in [0.29, 0.717) is 6.04 Å². The third-order valence-corrected chi connectivity index (χ3v) is 3.12. The molecule has 1 aliphatic heterocycles. The van der Waals surface area contributed by atoms with Crippen LogP contribution in [0.4, 0.5) is 5.69 Å². The quantitative estimate of drug-likeness (QED) is 0.817. The maximum absolute atomic E-state index is 11.8. The molecule has 0 saturated heterocycles. The number of fused-ring (bicyclic) bond motifs is 1. The Bertz CT molecular complexity index is 401. The number of amides is 1. The van der Waals surface area contributed by atoms with E-state index in [1.54, 1.807) is 7.05 Å². The monoisotopic (exact) mass is 218 g/mol. The third kappa shape index (κ3) is 1.66. The van der Waals surface area contributed by atoms with Crippen LogP contribution in [0.2, 0.25) is 0 Å². The van der Waals surface area contributed by atoms with Crippen LogP contribution in [0.25, 0.3) is 0 Å². The first kappa shape index (κ1) is 11.0. The van der Waals surface area contributed by atoms with Gasteiger partial charge in [0.15, 0.2) is 0 Å². The Balaban J connectivity index is 2.37. The summed E-state index contributed by atoms with van der Waals surface area (Å²) in [6, 6.07) is 8.55. The lowest BCUT2D eigenvalue weighted by atomic mass is 10.1. The second-order valence-electron chi connectivity index (χ2n) is 4.46. The molecule has 0 fully saturated rings. The van der Waals surface area contributed by atoms with E-state index in [1.165, 1.54) is 11.3 Å². The van der Waals surface area contributed by atoms with Gasteiger partial charge >= 0.3 is 0 Å². The first-order valence-corrected chi connectivity index (χ1v) is 5.73. The number of para-hydroxylation sites is 1. The van der Waals surface area contributed by atoms with Crippen molar-refractivity contribution < 1.29 is 4.79 Å². The number of nitrogens with zero attached hydrogens (tertiary/aromatic N) is 1. The van der Waals surface area contributed by atoms with Crippen LogP contribution in [0.3, 0.4) is 0 Å². The van der Waals surface area contributed by atoms with Gasteiger partial charge in [-0.2, -0.15) is 0 Å². The van der Waals surface area contributed by atoms with Gasteiger partial charge in [0.2, 0.25) is 5.91 Å². The van der Waals surface area contributed by atoms with E-state index in [-0.39, 0.29) is 11.9 Å². The summed E-state index contributed by atoms with van der Waals surface area (Å²) < 4.78 is 0. The summed E-state index contributed by atoms with van der Waals surface area (Å²) in [4.78, 5) is 14.0.